The number of amides is 1. The molecule has 1 aromatic rings. The number of carbonyl (C=O) groups is 1. The second-order valence-electron chi connectivity index (χ2n) is 6.40. The Bertz CT molecular complexity index is 924. The molecule has 0 unspecified atom stereocenters. The molecule has 1 amide bonds. The molecule has 6 nitrogen and oxygen atoms in total. The minimum Gasteiger partial charge on any atom is -0.358 e. The summed E-state index contributed by atoms with van der Waals surface area (Å²) in [5.41, 5.74) is 1.16. The van der Waals surface area contributed by atoms with E-state index in [0.717, 1.165) is 17.8 Å². The minimum absolute atomic E-state index is 0.116. The Morgan fingerprint density at radius 2 is 1.86 bits per heavy atom. The van der Waals surface area contributed by atoms with Crippen LogP contribution in [-0.2, 0) is 11.3 Å². The van der Waals surface area contributed by atoms with Crippen molar-refractivity contribution in [3.8, 4) is 6.07 Å². The number of hydrogen-bond acceptors (Lipinski definition) is 6. The summed E-state index contributed by atoms with van der Waals surface area (Å²) < 4.78 is 2.17. The van der Waals surface area contributed by atoms with Gasteiger partial charge in [0.05, 0.1) is 4.91 Å². The maximum atomic E-state index is 12.8. The van der Waals surface area contributed by atoms with Crippen molar-refractivity contribution in [2.24, 2.45) is 0 Å². The summed E-state index contributed by atoms with van der Waals surface area (Å²) in [6, 6.07) is 2.05. The molecule has 0 radical (unpaired) electrons. The van der Waals surface area contributed by atoms with Crippen LogP contribution < -0.4 is 10.5 Å². The first-order valence-corrected chi connectivity index (χ1v) is 10.8. The topological polar surface area (TPSA) is 69.3 Å². The number of thioether (sulfide) groups is 1. The van der Waals surface area contributed by atoms with E-state index in [0.29, 0.717) is 41.0 Å². The van der Waals surface area contributed by atoms with E-state index in [2.05, 4.69) is 4.90 Å². The minimum atomic E-state index is -0.292. The van der Waals surface area contributed by atoms with E-state index in [9.17, 15) is 14.9 Å². The van der Waals surface area contributed by atoms with E-state index in [1.807, 2.05) is 33.8 Å². The quantitative estimate of drug-likeness (QED) is 0.499. The van der Waals surface area contributed by atoms with Gasteiger partial charge in [-0.15, -0.1) is 0 Å². The van der Waals surface area contributed by atoms with Gasteiger partial charge in [0.25, 0.3) is 11.5 Å². The standard InChI is InChI=1S/C20H26N4O2S2/c1-6-10-24-19(26)16(28-20(24)27)11-14-13(5)15(12-21)18(25)23(9-4)17(14)22(7-2)8-3/h11H,6-10H2,1-5H3. The Morgan fingerprint density at radius 3 is 2.36 bits per heavy atom. The molecule has 0 saturated carbocycles. The Hall–Kier alpha value is -2.11. The van der Waals surface area contributed by atoms with Crippen molar-refractivity contribution in [2.45, 2.75) is 47.6 Å². The maximum Gasteiger partial charge on any atom is 0.270 e. The molecule has 1 aliphatic rings. The highest BCUT2D eigenvalue weighted by molar-refractivity contribution is 8.26. The highest BCUT2D eigenvalue weighted by atomic mass is 32.2. The molecule has 0 N–H and O–H groups in total. The molecule has 2 rings (SSSR count). The number of rotatable bonds is 7. The van der Waals surface area contributed by atoms with Crippen molar-refractivity contribution < 1.29 is 4.79 Å². The fraction of sp³-hybridized carbons (Fsp3) is 0.500. The second-order valence-corrected chi connectivity index (χ2v) is 8.08. The molecule has 1 saturated heterocycles. The number of aromatic nitrogens is 1. The Morgan fingerprint density at radius 1 is 1.21 bits per heavy atom. The van der Waals surface area contributed by atoms with Gasteiger partial charge < -0.3 is 4.90 Å². The molecular weight excluding hydrogens is 392 g/mol. The lowest BCUT2D eigenvalue weighted by Gasteiger charge is -2.28. The number of nitrogens with zero attached hydrogens (tertiary/aromatic N) is 4. The molecule has 28 heavy (non-hydrogen) atoms. The van der Waals surface area contributed by atoms with Gasteiger partial charge in [0.2, 0.25) is 0 Å². The molecule has 1 aliphatic heterocycles. The number of carbonyl (C=O) groups excluding carboxylic acids is 1. The van der Waals surface area contributed by atoms with Crippen LogP contribution in [0.2, 0.25) is 0 Å². The average Bonchev–Trinajstić information content (AvgIpc) is 2.94. The van der Waals surface area contributed by atoms with E-state index in [1.54, 1.807) is 22.5 Å². The van der Waals surface area contributed by atoms with Crippen LogP contribution in [0.4, 0.5) is 5.82 Å². The highest BCUT2D eigenvalue weighted by Gasteiger charge is 2.32. The van der Waals surface area contributed by atoms with E-state index in [1.165, 1.54) is 11.8 Å². The lowest BCUT2D eigenvalue weighted by molar-refractivity contribution is -0.122. The van der Waals surface area contributed by atoms with E-state index in [4.69, 9.17) is 12.2 Å². The molecule has 0 atom stereocenters. The lowest BCUT2D eigenvalue weighted by atomic mass is 10.0. The third-order valence-corrected chi connectivity index (χ3v) is 6.20. The first-order chi connectivity index (χ1) is 13.4. The zero-order chi connectivity index (χ0) is 21.0. The molecule has 8 heteroatoms. The first-order valence-electron chi connectivity index (χ1n) is 9.53. The Labute approximate surface area is 175 Å². The Kier molecular flexibility index (Phi) is 7.44. The van der Waals surface area contributed by atoms with E-state index in [-0.39, 0.29) is 17.0 Å². The van der Waals surface area contributed by atoms with Gasteiger partial charge in [0.1, 0.15) is 21.8 Å². The van der Waals surface area contributed by atoms with Crippen molar-refractivity contribution in [2.75, 3.05) is 24.5 Å². The summed E-state index contributed by atoms with van der Waals surface area (Å²) in [5.74, 6) is 0.629. The SMILES string of the molecule is CCCN1C(=O)C(=Cc2c(C)c(C#N)c(=O)n(CC)c2N(CC)CC)SC1=S. The van der Waals surface area contributed by atoms with Gasteiger partial charge in [-0.25, -0.2) is 0 Å². The third kappa shape index (κ3) is 3.87. The number of pyridine rings is 1. The lowest BCUT2D eigenvalue weighted by Crippen LogP contribution is -2.34. The van der Waals surface area contributed by atoms with Gasteiger partial charge in [0.15, 0.2) is 0 Å². The van der Waals surface area contributed by atoms with Crippen molar-refractivity contribution in [1.82, 2.24) is 9.47 Å². The van der Waals surface area contributed by atoms with Crippen LogP contribution in [0.5, 0.6) is 0 Å². The van der Waals surface area contributed by atoms with Crippen LogP contribution in [0.3, 0.4) is 0 Å². The van der Waals surface area contributed by atoms with E-state index >= 15 is 0 Å². The zero-order valence-corrected chi connectivity index (χ0v) is 18.7. The van der Waals surface area contributed by atoms with Gasteiger partial charge in [-0.1, -0.05) is 30.9 Å². The van der Waals surface area contributed by atoms with Crippen molar-refractivity contribution in [1.29, 1.82) is 5.26 Å². The van der Waals surface area contributed by atoms with Crippen LogP contribution in [0, 0.1) is 18.3 Å². The molecule has 150 valence electrons. The summed E-state index contributed by atoms with van der Waals surface area (Å²) in [4.78, 5) is 29.9. The smallest absolute Gasteiger partial charge is 0.270 e. The summed E-state index contributed by atoms with van der Waals surface area (Å²) in [5, 5.41) is 9.56. The second kappa shape index (κ2) is 9.39. The Balaban J connectivity index is 2.79. The normalized spacial score (nSPS) is 15.4. The molecule has 0 bridgehead atoms. The van der Waals surface area contributed by atoms with Crippen LogP contribution >= 0.6 is 24.0 Å². The average molecular weight is 419 g/mol. The molecule has 0 aliphatic carbocycles. The largest absolute Gasteiger partial charge is 0.358 e. The number of anilines is 1. The summed E-state index contributed by atoms with van der Waals surface area (Å²) in [7, 11) is 0. The van der Waals surface area contributed by atoms with Crippen molar-refractivity contribution in [3.05, 3.63) is 31.9 Å². The number of thiocarbonyl (C=S) groups is 1. The molecular formula is C20H26N4O2S2. The fourth-order valence-corrected chi connectivity index (χ4v) is 4.64. The van der Waals surface area contributed by atoms with Crippen LogP contribution in [0.25, 0.3) is 6.08 Å². The van der Waals surface area contributed by atoms with Crippen molar-refractivity contribution >= 4 is 46.1 Å². The van der Waals surface area contributed by atoms with Gasteiger partial charge in [-0.05, 0) is 45.8 Å². The summed E-state index contributed by atoms with van der Waals surface area (Å²) >= 11 is 6.64. The molecule has 2 heterocycles. The van der Waals surface area contributed by atoms with Gasteiger partial charge in [-0.2, -0.15) is 5.26 Å². The zero-order valence-electron chi connectivity index (χ0n) is 17.0. The number of nitriles is 1. The predicted octanol–water partition coefficient (Wildman–Crippen LogP) is 3.51. The molecule has 0 spiro atoms. The fourth-order valence-electron chi connectivity index (χ4n) is 3.35. The van der Waals surface area contributed by atoms with Crippen LogP contribution in [-0.4, -0.2) is 39.3 Å². The van der Waals surface area contributed by atoms with Gasteiger partial charge >= 0.3 is 0 Å². The van der Waals surface area contributed by atoms with Gasteiger partial charge in [0, 0.05) is 31.7 Å². The molecule has 1 fully saturated rings. The first kappa shape index (κ1) is 22.2. The predicted molar refractivity (Wildman–Crippen MR) is 120 cm³/mol. The molecule has 1 aromatic heterocycles. The monoisotopic (exact) mass is 418 g/mol. The maximum absolute atomic E-state index is 12.8. The van der Waals surface area contributed by atoms with E-state index < -0.39 is 0 Å². The molecule has 0 aromatic carbocycles. The van der Waals surface area contributed by atoms with Gasteiger partial charge in [-0.3, -0.25) is 19.1 Å². The van der Waals surface area contributed by atoms with Crippen LogP contribution in [0.1, 0.15) is 50.8 Å². The third-order valence-electron chi connectivity index (χ3n) is 4.82. The van der Waals surface area contributed by atoms with Crippen LogP contribution in [0.15, 0.2) is 9.70 Å². The summed E-state index contributed by atoms with van der Waals surface area (Å²) in [6.07, 6.45) is 2.62. The highest BCUT2D eigenvalue weighted by Crippen LogP contribution is 2.35. The number of hydrogen-bond donors (Lipinski definition) is 0. The van der Waals surface area contributed by atoms with Crippen molar-refractivity contribution in [3.63, 3.8) is 0 Å². The summed E-state index contributed by atoms with van der Waals surface area (Å²) in [6.45, 7) is 12.1.